The Bertz CT molecular complexity index is 1550. The van der Waals surface area contributed by atoms with Crippen LogP contribution in [0.25, 0.3) is 11.1 Å². The largest absolute Gasteiger partial charge is 0.494 e. The fourth-order valence-electron chi connectivity index (χ4n) is 4.53. The van der Waals surface area contributed by atoms with Crippen LogP contribution in [0.1, 0.15) is 23.2 Å². The molecule has 0 fully saturated rings. The van der Waals surface area contributed by atoms with E-state index in [2.05, 4.69) is 0 Å². The molecule has 2 N–H and O–H groups in total. The van der Waals surface area contributed by atoms with Crippen LogP contribution in [0.15, 0.2) is 87.4 Å². The van der Waals surface area contributed by atoms with Gasteiger partial charge in [-0.25, -0.2) is 13.6 Å². The minimum Gasteiger partial charge on any atom is -0.494 e. The maximum Gasteiger partial charge on any atom is 0.332 e. The number of rotatable bonds is 6. The first kappa shape index (κ1) is 24.0. The van der Waals surface area contributed by atoms with Gasteiger partial charge in [-0.1, -0.05) is 60.7 Å². The molecular weight excluding hydrogens is 484 g/mol. The van der Waals surface area contributed by atoms with E-state index in [0.29, 0.717) is 11.3 Å². The van der Waals surface area contributed by atoms with E-state index < -0.39 is 35.0 Å². The summed E-state index contributed by atoms with van der Waals surface area (Å²) in [6.07, 6.45) is 0. The Morgan fingerprint density at radius 1 is 1.03 bits per heavy atom. The average molecular weight is 508 g/mol. The van der Waals surface area contributed by atoms with Crippen LogP contribution in [-0.4, -0.2) is 22.0 Å². The number of hydrogen-bond acceptors (Lipinski definition) is 5. The van der Waals surface area contributed by atoms with Crippen LogP contribution < -0.4 is 21.7 Å². The van der Waals surface area contributed by atoms with E-state index in [1.165, 1.54) is 41.6 Å². The summed E-state index contributed by atoms with van der Waals surface area (Å²) < 4.78 is 37.7. The molecule has 36 heavy (non-hydrogen) atoms. The SMILES string of the molecule is COc1cccc(-c2c3n(c(=O)n(CC(N)c4ccccc4)c2=O)C(c2ccccc2F)CS3)c1F. The van der Waals surface area contributed by atoms with Gasteiger partial charge in [-0.3, -0.25) is 13.9 Å². The van der Waals surface area contributed by atoms with Gasteiger partial charge in [0.1, 0.15) is 5.82 Å². The molecule has 2 heterocycles. The van der Waals surface area contributed by atoms with Gasteiger partial charge in [-0.05, 0) is 17.7 Å². The molecule has 6 nitrogen and oxygen atoms in total. The summed E-state index contributed by atoms with van der Waals surface area (Å²) in [5.74, 6) is -0.899. The van der Waals surface area contributed by atoms with Crippen LogP contribution in [0.4, 0.5) is 8.78 Å². The second kappa shape index (κ2) is 9.75. The van der Waals surface area contributed by atoms with Gasteiger partial charge < -0.3 is 10.5 Å². The molecule has 0 saturated carbocycles. The molecule has 0 bridgehead atoms. The molecule has 184 valence electrons. The van der Waals surface area contributed by atoms with Crippen LogP contribution >= 0.6 is 11.8 Å². The normalized spacial score (nSPS) is 15.5. The summed E-state index contributed by atoms with van der Waals surface area (Å²) >= 11 is 1.22. The van der Waals surface area contributed by atoms with Crippen molar-refractivity contribution in [3.8, 4) is 16.9 Å². The molecule has 1 aliphatic rings. The van der Waals surface area contributed by atoms with Gasteiger partial charge in [-0.2, -0.15) is 0 Å². The van der Waals surface area contributed by atoms with Gasteiger partial charge in [0.2, 0.25) is 0 Å². The van der Waals surface area contributed by atoms with E-state index in [1.807, 2.05) is 18.2 Å². The standard InChI is InChI=1S/C27H23F2N3O3S/c1-35-22-13-7-11-18(24(22)29)23-25(33)31(14-20(30)16-8-3-2-4-9-16)27(34)32-21(15-36-26(23)32)17-10-5-6-12-19(17)28/h2-13,20-21H,14-15,30H2,1H3. The third-order valence-electron chi connectivity index (χ3n) is 6.34. The second-order valence-corrected chi connectivity index (χ2v) is 9.44. The molecule has 0 saturated heterocycles. The highest BCUT2D eigenvalue weighted by Crippen LogP contribution is 2.41. The molecule has 1 aliphatic heterocycles. The molecular formula is C27H23F2N3O3S. The highest BCUT2D eigenvalue weighted by molar-refractivity contribution is 7.99. The van der Waals surface area contributed by atoms with Crippen LogP contribution in [0.2, 0.25) is 0 Å². The van der Waals surface area contributed by atoms with Crippen LogP contribution in [0.3, 0.4) is 0 Å². The lowest BCUT2D eigenvalue weighted by atomic mass is 10.0. The number of fused-ring (bicyclic) bond motifs is 1. The molecule has 0 amide bonds. The van der Waals surface area contributed by atoms with E-state index in [0.717, 1.165) is 10.1 Å². The van der Waals surface area contributed by atoms with Gasteiger partial charge in [0.05, 0.1) is 30.3 Å². The summed E-state index contributed by atoms with van der Waals surface area (Å²) in [4.78, 5) is 27.5. The average Bonchev–Trinajstić information content (AvgIpc) is 3.33. The molecule has 0 radical (unpaired) electrons. The second-order valence-electron chi connectivity index (χ2n) is 8.44. The molecule has 4 aromatic rings. The Balaban J connectivity index is 1.77. The predicted octanol–water partition coefficient (Wildman–Crippen LogP) is 4.36. The van der Waals surface area contributed by atoms with Crippen molar-refractivity contribution in [1.29, 1.82) is 0 Å². The zero-order valence-corrected chi connectivity index (χ0v) is 20.2. The molecule has 1 aromatic heterocycles. The van der Waals surface area contributed by atoms with Crippen molar-refractivity contribution >= 4 is 11.8 Å². The number of nitrogens with two attached hydrogens (primary N) is 1. The van der Waals surface area contributed by atoms with Crippen molar-refractivity contribution < 1.29 is 13.5 Å². The number of methoxy groups -OCH3 is 1. The van der Waals surface area contributed by atoms with E-state index in [4.69, 9.17) is 10.5 Å². The Labute approximate surface area is 210 Å². The Morgan fingerprint density at radius 2 is 1.75 bits per heavy atom. The van der Waals surface area contributed by atoms with Gasteiger partial charge in [0, 0.05) is 22.9 Å². The van der Waals surface area contributed by atoms with Gasteiger partial charge in [-0.15, -0.1) is 11.8 Å². The number of aromatic nitrogens is 2. The minimum atomic E-state index is -0.715. The maximum atomic E-state index is 15.4. The molecule has 9 heteroatoms. The van der Waals surface area contributed by atoms with Crippen molar-refractivity contribution in [3.63, 3.8) is 0 Å². The number of ether oxygens (including phenoxy) is 1. The quantitative estimate of drug-likeness (QED) is 0.393. The lowest BCUT2D eigenvalue weighted by Gasteiger charge is -2.21. The summed E-state index contributed by atoms with van der Waals surface area (Å²) in [6, 6.07) is 18.4. The lowest BCUT2D eigenvalue weighted by molar-refractivity contribution is 0.387. The topological polar surface area (TPSA) is 79.2 Å². The summed E-state index contributed by atoms with van der Waals surface area (Å²) in [6.45, 7) is -0.130. The van der Waals surface area contributed by atoms with E-state index in [1.54, 1.807) is 36.4 Å². The molecule has 0 aliphatic carbocycles. The third-order valence-corrected chi connectivity index (χ3v) is 7.50. The van der Waals surface area contributed by atoms with Crippen LogP contribution in [0, 0.1) is 11.6 Å². The van der Waals surface area contributed by atoms with Crippen molar-refractivity contribution in [2.45, 2.75) is 23.7 Å². The van der Waals surface area contributed by atoms with Crippen LogP contribution in [-0.2, 0) is 6.54 Å². The van der Waals surface area contributed by atoms with Crippen molar-refractivity contribution in [1.82, 2.24) is 9.13 Å². The first-order valence-corrected chi connectivity index (χ1v) is 12.3. The summed E-state index contributed by atoms with van der Waals surface area (Å²) in [5, 5.41) is 0.287. The van der Waals surface area contributed by atoms with Crippen molar-refractivity contribution in [3.05, 3.63) is 116 Å². The van der Waals surface area contributed by atoms with Gasteiger partial charge in [0.15, 0.2) is 11.6 Å². The molecule has 2 atom stereocenters. The Kier molecular flexibility index (Phi) is 6.51. The van der Waals surface area contributed by atoms with Crippen molar-refractivity contribution in [2.75, 3.05) is 12.9 Å². The van der Waals surface area contributed by atoms with Gasteiger partial charge >= 0.3 is 5.69 Å². The number of thioether (sulfide) groups is 1. The first-order valence-electron chi connectivity index (χ1n) is 11.3. The number of benzene rings is 3. The maximum absolute atomic E-state index is 15.4. The summed E-state index contributed by atoms with van der Waals surface area (Å²) in [5.41, 5.74) is 6.19. The van der Waals surface area contributed by atoms with E-state index >= 15 is 4.39 Å². The molecule has 5 rings (SSSR count). The fourth-order valence-corrected chi connectivity index (χ4v) is 5.86. The zero-order valence-electron chi connectivity index (χ0n) is 19.4. The Morgan fingerprint density at radius 3 is 2.47 bits per heavy atom. The van der Waals surface area contributed by atoms with E-state index in [9.17, 15) is 14.0 Å². The number of halogens is 2. The fraction of sp³-hybridized carbons (Fsp3) is 0.185. The minimum absolute atomic E-state index is 0.00631. The van der Waals surface area contributed by atoms with Gasteiger partial charge in [0.25, 0.3) is 5.56 Å². The first-order chi connectivity index (χ1) is 17.4. The molecule has 0 spiro atoms. The van der Waals surface area contributed by atoms with Crippen molar-refractivity contribution in [2.24, 2.45) is 5.73 Å². The lowest BCUT2D eigenvalue weighted by Crippen LogP contribution is -2.44. The van der Waals surface area contributed by atoms with E-state index in [-0.39, 0.29) is 28.4 Å². The zero-order chi connectivity index (χ0) is 25.4. The number of hydrogen-bond donors (Lipinski definition) is 1. The highest BCUT2D eigenvalue weighted by atomic mass is 32.2. The highest BCUT2D eigenvalue weighted by Gasteiger charge is 2.34. The summed E-state index contributed by atoms with van der Waals surface area (Å²) in [7, 11) is 1.34. The molecule has 2 unspecified atom stereocenters. The Hall–Kier alpha value is -3.69. The molecule has 3 aromatic carbocycles. The number of nitrogens with zero attached hydrogens (tertiary/aromatic N) is 2. The monoisotopic (exact) mass is 507 g/mol. The van der Waals surface area contributed by atoms with Crippen LogP contribution in [0.5, 0.6) is 5.75 Å². The predicted molar refractivity (Wildman–Crippen MR) is 136 cm³/mol. The third kappa shape index (κ3) is 4.04. The smallest absolute Gasteiger partial charge is 0.332 e.